The van der Waals surface area contributed by atoms with Crippen molar-refractivity contribution < 1.29 is 51.1 Å². The second-order valence-corrected chi connectivity index (χ2v) is 1.96. The van der Waals surface area contributed by atoms with Crippen molar-refractivity contribution in [3.63, 3.8) is 0 Å². The van der Waals surface area contributed by atoms with Crippen molar-refractivity contribution in [1.82, 2.24) is 0 Å². The van der Waals surface area contributed by atoms with E-state index >= 15 is 0 Å². The number of hydrogen-bond acceptors (Lipinski definition) is 7. The Hall–Kier alpha value is 0.942. The molecule has 0 unspecified atom stereocenters. The summed E-state index contributed by atoms with van der Waals surface area (Å²) in [4.78, 5) is 20.1. The van der Waals surface area contributed by atoms with Gasteiger partial charge in [-0.3, -0.25) is 0 Å². The maximum absolute atomic E-state index is 10.0. The average Bonchev–Trinajstić information content (AvgIpc) is 2.00. The van der Waals surface area contributed by atoms with Crippen molar-refractivity contribution in [1.29, 1.82) is 0 Å². The van der Waals surface area contributed by atoms with Crippen molar-refractivity contribution in [3.8, 4) is 0 Å². The van der Waals surface area contributed by atoms with Gasteiger partial charge in [0.2, 0.25) is 0 Å². The van der Waals surface area contributed by atoms with Crippen LogP contribution < -0.4 is 18.9 Å². The predicted molar refractivity (Wildman–Crippen MR) is 53.7 cm³/mol. The Kier molecular flexibility index (Phi) is 19.4. The SMILES string of the molecule is O=C(OI)C(=O)OI.OB(O)O.[H-].[Li+]. The van der Waals surface area contributed by atoms with Gasteiger partial charge in [0, 0.05) is 0 Å². The normalized spacial score (nSPS) is 6.85. The molecular formula is C2H4BI2LiO7. The Balaban J connectivity index is -0.0000000733. The molecule has 0 aliphatic carbocycles. The van der Waals surface area contributed by atoms with Gasteiger partial charge in [-0.2, -0.15) is 0 Å². The number of halogens is 2. The van der Waals surface area contributed by atoms with Crippen LogP contribution in [0.25, 0.3) is 0 Å². The van der Waals surface area contributed by atoms with Crippen LogP contribution in [0.5, 0.6) is 0 Å². The van der Waals surface area contributed by atoms with Crippen LogP contribution in [0.3, 0.4) is 0 Å². The molecule has 0 heterocycles. The van der Waals surface area contributed by atoms with Crippen molar-refractivity contribution in [2.24, 2.45) is 0 Å². The molecule has 0 aromatic carbocycles. The van der Waals surface area contributed by atoms with Gasteiger partial charge < -0.3 is 22.6 Å². The largest absolute Gasteiger partial charge is 1.00 e. The summed E-state index contributed by atoms with van der Waals surface area (Å²) in [6.07, 6.45) is 0. The molecule has 0 aromatic heterocycles. The Morgan fingerprint density at radius 1 is 1.08 bits per heavy atom. The first-order valence-electron chi connectivity index (χ1n) is 2.15. The van der Waals surface area contributed by atoms with Gasteiger partial charge in [0.1, 0.15) is 0 Å². The van der Waals surface area contributed by atoms with E-state index in [1.54, 1.807) is 0 Å². The fourth-order valence-corrected chi connectivity index (χ4v) is 0.423. The van der Waals surface area contributed by atoms with Crippen LogP contribution in [0.15, 0.2) is 0 Å². The zero-order chi connectivity index (χ0) is 10.1. The monoisotopic (exact) mass is 412 g/mol. The fourth-order valence-electron chi connectivity index (χ4n) is 0.0630. The van der Waals surface area contributed by atoms with E-state index in [2.05, 4.69) is 6.13 Å². The van der Waals surface area contributed by atoms with Crippen LogP contribution >= 0.6 is 46.0 Å². The summed E-state index contributed by atoms with van der Waals surface area (Å²) in [7, 11) is -2.17. The molecule has 7 nitrogen and oxygen atoms in total. The van der Waals surface area contributed by atoms with Gasteiger partial charge in [-0.05, 0) is 0 Å². The molecule has 0 radical (unpaired) electrons. The molecule has 72 valence electrons. The quantitative estimate of drug-likeness (QED) is 0.211. The molecule has 0 aliphatic rings. The zero-order valence-corrected chi connectivity index (χ0v) is 10.6. The van der Waals surface area contributed by atoms with E-state index in [-0.39, 0.29) is 20.3 Å². The van der Waals surface area contributed by atoms with Crippen LogP contribution in [-0.2, 0) is 15.7 Å². The standard InChI is InChI=1S/C2I2O4.BH3O3.Li.H/c3-7-1(5)2(6)8-4;2-1(3)4;;/h;2-4H;;/q;;+1;-1. The first-order chi connectivity index (χ1) is 5.45. The third-order valence-corrected chi connectivity index (χ3v) is 1.11. The number of hydrogen-bond donors (Lipinski definition) is 3. The number of carbonyl (C=O) groups is 2. The second kappa shape index (κ2) is 12.9. The summed E-state index contributed by atoms with van der Waals surface area (Å²) in [6, 6.07) is 0. The van der Waals surface area contributed by atoms with E-state index in [0.29, 0.717) is 0 Å². The van der Waals surface area contributed by atoms with Crippen LogP contribution in [-0.4, -0.2) is 34.3 Å². The molecule has 13 heavy (non-hydrogen) atoms. The van der Waals surface area contributed by atoms with Gasteiger partial charge in [0.05, 0.1) is 0 Å². The summed E-state index contributed by atoms with van der Waals surface area (Å²) < 4.78 is 7.91. The Morgan fingerprint density at radius 3 is 1.31 bits per heavy atom. The molecule has 3 N–H and O–H groups in total. The minimum absolute atomic E-state index is 0. The Bertz CT molecular complexity index is 142. The summed E-state index contributed by atoms with van der Waals surface area (Å²) in [5.74, 6) is -2.00. The molecule has 0 bridgehead atoms. The molecule has 0 spiro atoms. The van der Waals surface area contributed by atoms with Crippen LogP contribution in [0, 0.1) is 0 Å². The van der Waals surface area contributed by atoms with E-state index in [1.165, 1.54) is 46.0 Å². The summed E-state index contributed by atoms with van der Waals surface area (Å²) in [5, 5.41) is 21.5. The van der Waals surface area contributed by atoms with Gasteiger partial charge in [0.25, 0.3) is 0 Å². The van der Waals surface area contributed by atoms with Crippen LogP contribution in [0.4, 0.5) is 0 Å². The zero-order valence-electron chi connectivity index (χ0n) is 7.31. The topological polar surface area (TPSA) is 113 Å². The van der Waals surface area contributed by atoms with Crippen molar-refractivity contribution >= 4 is 65.3 Å². The fraction of sp³-hybridized carbons (Fsp3) is 0. The maximum atomic E-state index is 10.0. The summed E-state index contributed by atoms with van der Waals surface area (Å²) >= 11 is 2.60. The number of rotatable bonds is 0. The first kappa shape index (κ1) is 19.5. The van der Waals surface area contributed by atoms with Gasteiger partial charge in [-0.25, -0.2) is 9.59 Å². The smallest absolute Gasteiger partial charge is 1.00 e. The minimum Gasteiger partial charge on any atom is -1.00 e. The second-order valence-electron chi connectivity index (χ2n) is 1.08. The predicted octanol–water partition coefficient (Wildman–Crippen LogP) is -4.16. The van der Waals surface area contributed by atoms with E-state index < -0.39 is 19.3 Å². The van der Waals surface area contributed by atoms with Crippen molar-refractivity contribution in [2.45, 2.75) is 0 Å². The molecule has 0 atom stereocenters. The Labute approximate surface area is 115 Å². The van der Waals surface area contributed by atoms with Crippen LogP contribution in [0.1, 0.15) is 1.43 Å². The van der Waals surface area contributed by atoms with Crippen LogP contribution in [0.2, 0.25) is 0 Å². The molecule has 0 fully saturated rings. The van der Waals surface area contributed by atoms with E-state index in [9.17, 15) is 9.59 Å². The van der Waals surface area contributed by atoms with E-state index in [4.69, 9.17) is 15.1 Å². The average molecular weight is 412 g/mol. The third-order valence-electron chi connectivity index (χ3n) is 0.307. The molecule has 0 amide bonds. The molecule has 0 saturated heterocycles. The molecule has 0 aromatic rings. The maximum Gasteiger partial charge on any atom is 1.00 e. The molecular weight excluding hydrogens is 408 g/mol. The van der Waals surface area contributed by atoms with Gasteiger partial charge in [-0.1, -0.05) is 0 Å². The molecule has 0 aliphatic heterocycles. The van der Waals surface area contributed by atoms with Crippen molar-refractivity contribution in [3.05, 3.63) is 0 Å². The summed E-state index contributed by atoms with van der Waals surface area (Å²) in [6.45, 7) is 0. The summed E-state index contributed by atoms with van der Waals surface area (Å²) in [5.41, 5.74) is 0. The van der Waals surface area contributed by atoms with Gasteiger partial charge in [-0.15, -0.1) is 0 Å². The molecule has 0 rings (SSSR count). The molecule has 0 saturated carbocycles. The van der Waals surface area contributed by atoms with E-state index in [0.717, 1.165) is 0 Å². The van der Waals surface area contributed by atoms with Gasteiger partial charge >= 0.3 is 38.1 Å². The molecule has 11 heteroatoms. The third kappa shape index (κ3) is 19.4. The number of carbonyl (C=O) groups excluding carboxylic acids is 2. The Morgan fingerprint density at radius 2 is 1.23 bits per heavy atom. The minimum atomic E-state index is -2.17. The van der Waals surface area contributed by atoms with Gasteiger partial charge in [0.15, 0.2) is 46.0 Å². The first-order valence-corrected chi connectivity index (χ1v) is 3.91. The van der Waals surface area contributed by atoms with Crippen molar-refractivity contribution in [2.75, 3.05) is 0 Å². The van der Waals surface area contributed by atoms with E-state index in [1.807, 2.05) is 0 Å².